The normalized spacial score (nSPS) is 16.4. The van der Waals surface area contributed by atoms with Gasteiger partial charge in [-0.25, -0.2) is 0 Å². The number of carbonyl (C=O) groups excluding carboxylic acids is 1. The molecule has 1 aliphatic carbocycles. The summed E-state index contributed by atoms with van der Waals surface area (Å²) in [5, 5.41) is 3.94. The Kier molecular flexibility index (Phi) is 4.89. The van der Waals surface area contributed by atoms with Crippen molar-refractivity contribution in [2.24, 2.45) is 0 Å². The lowest BCUT2D eigenvalue weighted by atomic mass is 9.87. The van der Waals surface area contributed by atoms with Gasteiger partial charge in [-0.3, -0.25) is 13.5 Å². The highest BCUT2D eigenvalue weighted by molar-refractivity contribution is 7.13. The second-order valence-electron chi connectivity index (χ2n) is 6.81. The lowest BCUT2D eigenvalue weighted by Gasteiger charge is -2.26. The van der Waals surface area contributed by atoms with Crippen LogP contribution in [0.4, 0.5) is 0 Å². The summed E-state index contributed by atoms with van der Waals surface area (Å²) >= 11 is 1.47. The van der Waals surface area contributed by atoms with Crippen LogP contribution in [-0.4, -0.2) is 9.86 Å². The molecule has 5 heteroatoms. The summed E-state index contributed by atoms with van der Waals surface area (Å²) in [7, 11) is 0. The molecule has 4 nitrogen and oxygen atoms in total. The standard InChI is InChI=1S/C21H22N2O2S/c24-20(22-18-11-5-8-15-7-1-2-9-16(15)18)13-6-14-23-21(25)17-10-3-4-12-19(17)26-23/h1-4,7,9-10,12,18H,5-6,8,11,13-14H2,(H,22,24). The predicted octanol–water partition coefficient (Wildman–Crippen LogP) is 4.04. The first-order chi connectivity index (χ1) is 12.7. The molecule has 1 unspecified atom stereocenters. The molecule has 2 aromatic carbocycles. The highest BCUT2D eigenvalue weighted by Crippen LogP contribution is 2.29. The fourth-order valence-electron chi connectivity index (χ4n) is 3.72. The Balaban J connectivity index is 1.35. The van der Waals surface area contributed by atoms with Crippen molar-refractivity contribution in [3.05, 3.63) is 70.0 Å². The fourth-order valence-corrected chi connectivity index (χ4v) is 4.75. The fraction of sp³-hybridized carbons (Fsp3) is 0.333. The number of fused-ring (bicyclic) bond motifs is 2. The number of nitrogens with zero attached hydrogens (tertiary/aromatic N) is 1. The topological polar surface area (TPSA) is 51.1 Å². The number of aryl methyl sites for hydroxylation is 2. The van der Waals surface area contributed by atoms with Crippen LogP contribution < -0.4 is 10.9 Å². The van der Waals surface area contributed by atoms with Crippen LogP contribution in [0.2, 0.25) is 0 Å². The Morgan fingerprint density at radius 3 is 2.85 bits per heavy atom. The van der Waals surface area contributed by atoms with Gasteiger partial charge in [0.05, 0.1) is 16.1 Å². The van der Waals surface area contributed by atoms with Crippen molar-refractivity contribution in [1.82, 2.24) is 9.27 Å². The Hall–Kier alpha value is -2.40. The number of benzene rings is 2. The minimum Gasteiger partial charge on any atom is -0.349 e. The Bertz CT molecular complexity index is 989. The Labute approximate surface area is 156 Å². The van der Waals surface area contributed by atoms with Gasteiger partial charge in [-0.05, 0) is 48.9 Å². The second kappa shape index (κ2) is 7.46. The molecule has 0 aliphatic heterocycles. The van der Waals surface area contributed by atoms with Gasteiger partial charge >= 0.3 is 0 Å². The molecule has 4 rings (SSSR count). The van der Waals surface area contributed by atoms with Gasteiger partial charge in [-0.1, -0.05) is 47.9 Å². The third-order valence-corrected chi connectivity index (χ3v) is 6.14. The van der Waals surface area contributed by atoms with Crippen LogP contribution in [0.3, 0.4) is 0 Å². The third-order valence-electron chi connectivity index (χ3n) is 5.02. The van der Waals surface area contributed by atoms with Crippen LogP contribution in [-0.2, 0) is 17.8 Å². The van der Waals surface area contributed by atoms with Gasteiger partial charge in [0.25, 0.3) is 5.56 Å². The van der Waals surface area contributed by atoms with E-state index in [1.54, 1.807) is 3.96 Å². The van der Waals surface area contributed by atoms with Gasteiger partial charge in [-0.15, -0.1) is 0 Å². The van der Waals surface area contributed by atoms with Crippen LogP contribution in [0.15, 0.2) is 53.3 Å². The molecule has 1 N–H and O–H groups in total. The predicted molar refractivity (Wildman–Crippen MR) is 106 cm³/mol. The molecule has 1 aromatic heterocycles. The summed E-state index contributed by atoms with van der Waals surface area (Å²) in [6.45, 7) is 0.590. The molecular weight excluding hydrogens is 344 g/mol. The summed E-state index contributed by atoms with van der Waals surface area (Å²) in [5.74, 6) is 0.0702. The molecule has 1 atom stereocenters. The minimum absolute atomic E-state index is 0.0483. The first kappa shape index (κ1) is 17.0. The van der Waals surface area contributed by atoms with Gasteiger partial charge in [-0.2, -0.15) is 0 Å². The van der Waals surface area contributed by atoms with E-state index in [0.29, 0.717) is 19.4 Å². The van der Waals surface area contributed by atoms with Crippen LogP contribution in [0, 0.1) is 0 Å². The SMILES string of the molecule is O=C(CCCn1sc2ccccc2c1=O)NC1CCCc2ccccc21. The van der Waals surface area contributed by atoms with Crippen LogP contribution in [0.5, 0.6) is 0 Å². The van der Waals surface area contributed by atoms with E-state index in [1.165, 1.54) is 22.7 Å². The average molecular weight is 366 g/mol. The molecule has 3 aromatic rings. The number of hydrogen-bond acceptors (Lipinski definition) is 3. The van der Waals surface area contributed by atoms with E-state index in [9.17, 15) is 9.59 Å². The average Bonchev–Trinajstić information content (AvgIpc) is 2.98. The molecule has 134 valence electrons. The highest BCUT2D eigenvalue weighted by Gasteiger charge is 2.21. The first-order valence-corrected chi connectivity index (χ1v) is 9.96. The van der Waals surface area contributed by atoms with Crippen molar-refractivity contribution in [2.45, 2.75) is 44.7 Å². The van der Waals surface area contributed by atoms with Gasteiger partial charge in [0, 0.05) is 13.0 Å². The molecule has 0 saturated carbocycles. The largest absolute Gasteiger partial charge is 0.349 e. The van der Waals surface area contributed by atoms with Crippen molar-refractivity contribution >= 4 is 27.5 Å². The lowest BCUT2D eigenvalue weighted by Crippen LogP contribution is -2.31. The third kappa shape index (κ3) is 3.44. The smallest absolute Gasteiger partial charge is 0.268 e. The molecule has 1 aliphatic rings. The number of nitrogens with one attached hydrogen (secondary N) is 1. The number of rotatable bonds is 5. The summed E-state index contributed by atoms with van der Waals surface area (Å²) in [6, 6.07) is 16.2. The van der Waals surface area contributed by atoms with E-state index in [-0.39, 0.29) is 17.5 Å². The first-order valence-electron chi connectivity index (χ1n) is 9.18. The van der Waals surface area contributed by atoms with E-state index in [4.69, 9.17) is 0 Å². The van der Waals surface area contributed by atoms with Gasteiger partial charge < -0.3 is 5.32 Å². The number of hydrogen-bond donors (Lipinski definition) is 1. The molecule has 0 spiro atoms. The zero-order chi connectivity index (χ0) is 17.9. The molecule has 0 fully saturated rings. The van der Waals surface area contributed by atoms with Crippen LogP contribution in [0.25, 0.3) is 10.1 Å². The van der Waals surface area contributed by atoms with Crippen molar-refractivity contribution < 1.29 is 4.79 Å². The van der Waals surface area contributed by atoms with Crippen LogP contribution in [0.1, 0.15) is 42.9 Å². The van der Waals surface area contributed by atoms with E-state index >= 15 is 0 Å². The van der Waals surface area contributed by atoms with Crippen molar-refractivity contribution in [1.29, 1.82) is 0 Å². The minimum atomic E-state index is 0.0483. The quantitative estimate of drug-likeness (QED) is 0.741. The molecule has 0 saturated heterocycles. The molecule has 1 amide bonds. The van der Waals surface area contributed by atoms with E-state index in [1.807, 2.05) is 30.3 Å². The summed E-state index contributed by atoms with van der Waals surface area (Å²) < 4.78 is 2.76. The molecule has 1 heterocycles. The lowest BCUT2D eigenvalue weighted by molar-refractivity contribution is -0.122. The number of aromatic nitrogens is 1. The van der Waals surface area contributed by atoms with E-state index in [0.717, 1.165) is 29.3 Å². The zero-order valence-electron chi connectivity index (χ0n) is 14.6. The van der Waals surface area contributed by atoms with Gasteiger partial charge in [0.1, 0.15) is 0 Å². The molecule has 26 heavy (non-hydrogen) atoms. The second-order valence-corrected chi connectivity index (χ2v) is 7.87. The number of carbonyl (C=O) groups is 1. The summed E-state index contributed by atoms with van der Waals surface area (Å²) in [5.41, 5.74) is 2.65. The van der Waals surface area contributed by atoms with Gasteiger partial charge in [0.2, 0.25) is 5.91 Å². The molecule has 0 bridgehead atoms. The molecule has 0 radical (unpaired) electrons. The zero-order valence-corrected chi connectivity index (χ0v) is 15.4. The maximum Gasteiger partial charge on any atom is 0.268 e. The molecular formula is C21H22N2O2S. The van der Waals surface area contributed by atoms with Gasteiger partial charge in [0.15, 0.2) is 0 Å². The maximum atomic E-state index is 12.4. The highest BCUT2D eigenvalue weighted by atomic mass is 32.1. The van der Waals surface area contributed by atoms with Crippen molar-refractivity contribution in [3.63, 3.8) is 0 Å². The van der Waals surface area contributed by atoms with E-state index < -0.39 is 0 Å². The summed E-state index contributed by atoms with van der Waals surface area (Å²) in [4.78, 5) is 24.7. The van der Waals surface area contributed by atoms with Crippen molar-refractivity contribution in [3.8, 4) is 0 Å². The maximum absolute atomic E-state index is 12.4. The van der Waals surface area contributed by atoms with Crippen molar-refractivity contribution in [2.75, 3.05) is 0 Å². The summed E-state index contributed by atoms with van der Waals surface area (Å²) in [6.07, 6.45) is 4.32. The monoisotopic (exact) mass is 366 g/mol. The Morgan fingerprint density at radius 2 is 1.96 bits per heavy atom. The van der Waals surface area contributed by atoms with Crippen LogP contribution >= 0.6 is 11.5 Å². The number of amides is 1. The Morgan fingerprint density at radius 1 is 1.15 bits per heavy atom. The van der Waals surface area contributed by atoms with E-state index in [2.05, 4.69) is 23.5 Å².